The molecule has 0 spiro atoms. The Balaban J connectivity index is 0.00000169. The number of hydrogen-bond donors (Lipinski definition) is 3. The highest BCUT2D eigenvalue weighted by Gasteiger charge is 2.03. The molecule has 0 saturated heterocycles. The summed E-state index contributed by atoms with van der Waals surface area (Å²) in [6.45, 7) is 1.23. The maximum Gasteiger partial charge on any atom is 0.121 e. The van der Waals surface area contributed by atoms with Crippen LogP contribution in [0.15, 0.2) is 66.7 Å². The largest absolute Gasteiger partial charge is 0.489 e. The first-order chi connectivity index (χ1) is 11.8. The molecule has 3 aromatic carbocycles. The number of fused-ring (bicyclic) bond motifs is 1. The van der Waals surface area contributed by atoms with Crippen LogP contribution in [0.5, 0.6) is 5.75 Å². The minimum absolute atomic E-state index is 0. The average Bonchev–Trinajstić information content (AvgIpc) is 2.64. The second-order valence-electron chi connectivity index (χ2n) is 5.78. The summed E-state index contributed by atoms with van der Waals surface area (Å²) in [5.74, 6) is 1.50. The zero-order valence-electron chi connectivity index (χ0n) is 14.3. The van der Waals surface area contributed by atoms with Crippen molar-refractivity contribution in [2.45, 2.75) is 12.6 Å². The molecule has 0 amide bonds. The summed E-state index contributed by atoms with van der Waals surface area (Å²) in [5.41, 5.74) is 8.06. The zero-order chi connectivity index (χ0) is 16.8. The van der Waals surface area contributed by atoms with Gasteiger partial charge in [-0.1, -0.05) is 48.5 Å². The van der Waals surface area contributed by atoms with E-state index < -0.39 is 0 Å². The molecular formula is C20H24Cl2N2OS. The average molecular weight is 411 g/mol. The summed E-state index contributed by atoms with van der Waals surface area (Å²) in [4.78, 5) is 0. The first-order valence-corrected chi connectivity index (χ1v) is 8.69. The summed E-state index contributed by atoms with van der Waals surface area (Å²) in [6.07, 6.45) is 0. The van der Waals surface area contributed by atoms with Crippen molar-refractivity contribution in [1.82, 2.24) is 0 Å². The van der Waals surface area contributed by atoms with E-state index in [1.54, 1.807) is 0 Å². The van der Waals surface area contributed by atoms with Gasteiger partial charge in [-0.2, -0.15) is 12.6 Å². The van der Waals surface area contributed by atoms with Crippen LogP contribution in [-0.2, 0) is 6.61 Å². The van der Waals surface area contributed by atoms with E-state index in [-0.39, 0.29) is 30.9 Å². The Morgan fingerprint density at radius 3 is 2.50 bits per heavy atom. The highest BCUT2D eigenvalue weighted by molar-refractivity contribution is 7.80. The molecule has 6 heteroatoms. The van der Waals surface area contributed by atoms with Gasteiger partial charge < -0.3 is 15.8 Å². The smallest absolute Gasteiger partial charge is 0.121 e. The van der Waals surface area contributed by atoms with E-state index in [0.717, 1.165) is 11.4 Å². The van der Waals surface area contributed by atoms with Crippen LogP contribution >= 0.6 is 37.4 Å². The number of anilines is 1. The van der Waals surface area contributed by atoms with Crippen molar-refractivity contribution in [1.29, 1.82) is 0 Å². The summed E-state index contributed by atoms with van der Waals surface area (Å²) < 4.78 is 5.99. The number of benzene rings is 3. The van der Waals surface area contributed by atoms with Crippen LogP contribution in [0.25, 0.3) is 10.8 Å². The molecule has 3 rings (SSSR count). The van der Waals surface area contributed by atoms with Gasteiger partial charge in [-0.25, -0.2) is 0 Å². The zero-order valence-corrected chi connectivity index (χ0v) is 16.8. The van der Waals surface area contributed by atoms with Crippen LogP contribution in [0, 0.1) is 0 Å². The number of hydrogen-bond acceptors (Lipinski definition) is 4. The fourth-order valence-electron chi connectivity index (χ4n) is 2.59. The Labute approximate surface area is 172 Å². The minimum atomic E-state index is 0. The molecular weight excluding hydrogens is 387 g/mol. The summed E-state index contributed by atoms with van der Waals surface area (Å²) >= 11 is 4.20. The Hall–Kier alpha value is -1.59. The molecule has 0 aliphatic heterocycles. The summed E-state index contributed by atoms with van der Waals surface area (Å²) in [6, 6.07) is 22.6. The molecule has 3 nitrogen and oxygen atoms in total. The van der Waals surface area contributed by atoms with Gasteiger partial charge in [0.25, 0.3) is 0 Å². The van der Waals surface area contributed by atoms with E-state index in [2.05, 4.69) is 60.4 Å². The fourth-order valence-corrected chi connectivity index (χ4v) is 2.72. The molecule has 0 heterocycles. The molecule has 3 N–H and O–H groups in total. The van der Waals surface area contributed by atoms with Gasteiger partial charge >= 0.3 is 0 Å². The normalized spacial score (nSPS) is 11.2. The molecule has 1 atom stereocenters. The highest BCUT2D eigenvalue weighted by atomic mass is 35.5. The fraction of sp³-hybridized carbons (Fsp3) is 0.200. The van der Waals surface area contributed by atoms with Crippen molar-refractivity contribution in [2.24, 2.45) is 5.73 Å². The van der Waals surface area contributed by atoms with Crippen LogP contribution in [0.4, 0.5) is 5.69 Å². The van der Waals surface area contributed by atoms with Gasteiger partial charge in [-0.15, -0.1) is 24.8 Å². The maximum atomic E-state index is 5.99. The van der Waals surface area contributed by atoms with E-state index in [9.17, 15) is 0 Å². The molecule has 3 aromatic rings. The second-order valence-corrected chi connectivity index (χ2v) is 6.14. The van der Waals surface area contributed by atoms with Crippen LogP contribution in [0.3, 0.4) is 0 Å². The molecule has 0 unspecified atom stereocenters. The van der Waals surface area contributed by atoms with Gasteiger partial charge in [0.05, 0.1) is 0 Å². The van der Waals surface area contributed by atoms with E-state index in [1.165, 1.54) is 16.3 Å². The van der Waals surface area contributed by atoms with Crippen LogP contribution in [-0.4, -0.2) is 18.3 Å². The number of halogens is 2. The van der Waals surface area contributed by atoms with Gasteiger partial charge in [-0.05, 0) is 28.5 Å². The van der Waals surface area contributed by atoms with Crippen molar-refractivity contribution < 1.29 is 4.74 Å². The number of thiol groups is 1. The maximum absolute atomic E-state index is 5.99. The quantitative estimate of drug-likeness (QED) is 0.483. The monoisotopic (exact) mass is 410 g/mol. The van der Waals surface area contributed by atoms with E-state index in [1.807, 2.05) is 24.3 Å². The SMILES string of the molecule is Cl.Cl.N[C@@H](CS)CNc1cccc(OCc2cccc3ccccc23)c1. The molecule has 0 saturated carbocycles. The molecule has 0 bridgehead atoms. The van der Waals surface area contributed by atoms with E-state index in [4.69, 9.17) is 10.5 Å². The molecule has 0 aliphatic carbocycles. The Kier molecular flexibility index (Phi) is 9.66. The van der Waals surface area contributed by atoms with Gasteiger partial charge in [0, 0.05) is 30.1 Å². The number of nitrogens with two attached hydrogens (primary N) is 1. The molecule has 0 radical (unpaired) electrons. The predicted molar refractivity (Wildman–Crippen MR) is 120 cm³/mol. The lowest BCUT2D eigenvalue weighted by Crippen LogP contribution is -2.30. The molecule has 0 aromatic heterocycles. The number of ether oxygens (including phenoxy) is 1. The standard InChI is InChI=1S/C20H22N2OS.2ClH/c21-17(14-24)12-22-18-8-4-9-19(11-18)23-13-16-7-3-6-15-5-1-2-10-20(15)16;;/h1-11,17,22,24H,12-14,21H2;2*1H/t17-;;/m1../s1. The lowest BCUT2D eigenvalue weighted by atomic mass is 10.1. The molecule has 26 heavy (non-hydrogen) atoms. The lowest BCUT2D eigenvalue weighted by molar-refractivity contribution is 0.308. The first kappa shape index (κ1) is 22.5. The third-order valence-electron chi connectivity index (χ3n) is 3.91. The van der Waals surface area contributed by atoms with Crippen molar-refractivity contribution in [3.8, 4) is 5.75 Å². The van der Waals surface area contributed by atoms with Gasteiger partial charge in [-0.3, -0.25) is 0 Å². The lowest BCUT2D eigenvalue weighted by Gasteiger charge is -2.13. The topological polar surface area (TPSA) is 47.3 Å². The van der Waals surface area contributed by atoms with Crippen LogP contribution < -0.4 is 15.8 Å². The van der Waals surface area contributed by atoms with Crippen LogP contribution in [0.1, 0.15) is 5.56 Å². The van der Waals surface area contributed by atoms with Crippen molar-refractivity contribution in [3.63, 3.8) is 0 Å². The Bertz CT molecular complexity index is 811. The van der Waals surface area contributed by atoms with Gasteiger partial charge in [0.15, 0.2) is 0 Å². The van der Waals surface area contributed by atoms with Crippen LogP contribution in [0.2, 0.25) is 0 Å². The van der Waals surface area contributed by atoms with Gasteiger partial charge in [0.1, 0.15) is 12.4 Å². The number of nitrogens with one attached hydrogen (secondary N) is 1. The van der Waals surface area contributed by atoms with E-state index in [0.29, 0.717) is 18.9 Å². The predicted octanol–water partition coefficient (Wildman–Crippen LogP) is 4.93. The van der Waals surface area contributed by atoms with Crippen molar-refractivity contribution >= 4 is 53.9 Å². The third-order valence-corrected chi connectivity index (χ3v) is 4.38. The molecule has 140 valence electrons. The summed E-state index contributed by atoms with van der Waals surface area (Å²) in [7, 11) is 0. The molecule has 0 aliphatic rings. The van der Waals surface area contributed by atoms with Crippen molar-refractivity contribution in [2.75, 3.05) is 17.6 Å². The second kappa shape index (κ2) is 11.2. The Morgan fingerprint density at radius 2 is 1.69 bits per heavy atom. The Morgan fingerprint density at radius 1 is 0.962 bits per heavy atom. The highest BCUT2D eigenvalue weighted by Crippen LogP contribution is 2.22. The minimum Gasteiger partial charge on any atom is -0.489 e. The van der Waals surface area contributed by atoms with Crippen molar-refractivity contribution in [3.05, 3.63) is 72.3 Å². The van der Waals surface area contributed by atoms with Gasteiger partial charge in [0.2, 0.25) is 0 Å². The molecule has 0 fully saturated rings. The van der Waals surface area contributed by atoms with E-state index >= 15 is 0 Å². The third kappa shape index (κ3) is 5.99. The number of rotatable bonds is 7. The first-order valence-electron chi connectivity index (χ1n) is 8.06. The summed E-state index contributed by atoms with van der Waals surface area (Å²) in [5, 5.41) is 5.77.